The smallest absolute Gasteiger partial charge is 0.342 e. The predicted octanol–water partition coefficient (Wildman–Crippen LogP) is 6.43. The Morgan fingerprint density at radius 1 is 0.778 bits per heavy atom. The second kappa shape index (κ2) is 9.96. The van der Waals surface area contributed by atoms with E-state index in [0.29, 0.717) is 16.8 Å². The number of rotatable bonds is 7. The summed E-state index contributed by atoms with van der Waals surface area (Å²) in [6, 6.07) is 33.1. The van der Waals surface area contributed by atoms with Gasteiger partial charge in [0.1, 0.15) is 12.4 Å². The molecule has 0 saturated carbocycles. The van der Waals surface area contributed by atoms with Crippen molar-refractivity contribution in [1.29, 1.82) is 0 Å². The van der Waals surface area contributed by atoms with Crippen LogP contribution < -0.4 is 10.1 Å². The predicted molar refractivity (Wildman–Crippen MR) is 142 cm³/mol. The van der Waals surface area contributed by atoms with Crippen LogP contribution in [0.15, 0.2) is 109 Å². The van der Waals surface area contributed by atoms with Gasteiger partial charge in [0.25, 0.3) is 0 Å². The number of nitrogens with one attached hydrogen (secondary N) is 1. The minimum atomic E-state index is -4.87. The van der Waals surface area contributed by atoms with Crippen LogP contribution >= 0.6 is 7.60 Å². The summed E-state index contributed by atoms with van der Waals surface area (Å²) in [6.07, 6.45) is 0. The fourth-order valence-electron chi connectivity index (χ4n) is 4.34. The third-order valence-electron chi connectivity index (χ3n) is 6.05. The fraction of sp³-hybridized carbons (Fsp3) is 0.0690. The highest BCUT2D eigenvalue weighted by atomic mass is 31.2. The molecule has 180 valence electrons. The lowest BCUT2D eigenvalue weighted by Crippen LogP contribution is -2.22. The summed E-state index contributed by atoms with van der Waals surface area (Å²) in [7, 11) is -4.87. The Morgan fingerprint density at radius 3 is 2.11 bits per heavy atom. The van der Waals surface area contributed by atoms with Gasteiger partial charge in [-0.3, -0.25) is 9.36 Å². The standard InChI is InChI=1S/C29H24NO5P/c31-29(28(36(32,33)34)25-16-8-14-21-11-6-7-15-24(21)25)30-26-17-22-12-4-5-13-23(22)18-27(26)35-19-20-9-2-1-3-10-20/h1-18,28H,19H2,(H,30,31)(H2,32,33,34). The molecule has 5 aromatic rings. The highest BCUT2D eigenvalue weighted by Crippen LogP contribution is 2.53. The first-order chi connectivity index (χ1) is 17.4. The molecule has 0 bridgehead atoms. The first-order valence-electron chi connectivity index (χ1n) is 11.4. The van der Waals surface area contributed by atoms with E-state index in [1.807, 2.05) is 78.9 Å². The van der Waals surface area contributed by atoms with E-state index in [4.69, 9.17) is 4.74 Å². The molecule has 6 nitrogen and oxygen atoms in total. The largest absolute Gasteiger partial charge is 0.487 e. The summed E-state index contributed by atoms with van der Waals surface area (Å²) in [4.78, 5) is 34.0. The zero-order chi connectivity index (χ0) is 25.1. The summed E-state index contributed by atoms with van der Waals surface area (Å²) in [5, 5.41) is 5.93. The number of hydrogen-bond donors (Lipinski definition) is 3. The van der Waals surface area contributed by atoms with Crippen molar-refractivity contribution in [3.8, 4) is 5.75 Å². The van der Waals surface area contributed by atoms with Crippen LogP contribution in [0.5, 0.6) is 5.75 Å². The molecule has 0 radical (unpaired) electrons. The molecule has 5 aromatic carbocycles. The first kappa shape index (κ1) is 23.8. The van der Waals surface area contributed by atoms with E-state index in [2.05, 4.69) is 5.32 Å². The van der Waals surface area contributed by atoms with Gasteiger partial charge in [0, 0.05) is 0 Å². The fourth-order valence-corrected chi connectivity index (χ4v) is 5.29. The molecule has 0 fully saturated rings. The monoisotopic (exact) mass is 497 g/mol. The Balaban J connectivity index is 1.54. The van der Waals surface area contributed by atoms with Gasteiger partial charge in [0.05, 0.1) is 5.69 Å². The van der Waals surface area contributed by atoms with Crippen molar-refractivity contribution in [2.75, 3.05) is 5.32 Å². The average molecular weight is 497 g/mol. The molecule has 5 rings (SSSR count). The molecule has 0 saturated heterocycles. The Morgan fingerprint density at radius 2 is 1.39 bits per heavy atom. The number of amides is 1. The molecule has 36 heavy (non-hydrogen) atoms. The molecule has 7 heteroatoms. The minimum absolute atomic E-state index is 0.270. The number of anilines is 1. The Labute approximate surface area is 208 Å². The van der Waals surface area contributed by atoms with Crippen LogP contribution in [0.1, 0.15) is 16.8 Å². The molecule has 3 N–H and O–H groups in total. The van der Waals surface area contributed by atoms with Gasteiger partial charge in [-0.25, -0.2) is 0 Å². The molecule has 0 aliphatic rings. The third-order valence-corrected chi connectivity index (χ3v) is 7.23. The molecule has 1 unspecified atom stereocenters. The van der Waals surface area contributed by atoms with Gasteiger partial charge in [-0.1, -0.05) is 97.1 Å². The van der Waals surface area contributed by atoms with Gasteiger partial charge >= 0.3 is 7.60 Å². The van der Waals surface area contributed by atoms with Crippen molar-refractivity contribution in [1.82, 2.24) is 0 Å². The van der Waals surface area contributed by atoms with Gasteiger partial charge in [-0.2, -0.15) is 0 Å². The summed E-state index contributed by atoms with van der Waals surface area (Å²) >= 11 is 0. The topological polar surface area (TPSA) is 95.9 Å². The molecule has 0 aliphatic heterocycles. The lowest BCUT2D eigenvalue weighted by atomic mass is 10.0. The Bertz CT molecular complexity index is 1590. The van der Waals surface area contributed by atoms with Crippen LogP contribution in [0.4, 0.5) is 5.69 Å². The second-order valence-corrected chi connectivity index (χ2v) is 10.2. The second-order valence-electron chi connectivity index (χ2n) is 8.52. The Hall–Kier alpha value is -3.96. The summed E-state index contributed by atoms with van der Waals surface area (Å²) in [5.41, 5.74) is -0.122. The molecule has 0 spiro atoms. The van der Waals surface area contributed by atoms with Crippen molar-refractivity contribution >= 4 is 40.7 Å². The SMILES string of the molecule is O=C(Nc1cc2ccccc2cc1OCc1ccccc1)C(c1cccc2ccccc12)P(=O)(O)O. The molecule has 1 atom stereocenters. The maximum Gasteiger partial charge on any atom is 0.342 e. The first-order valence-corrected chi connectivity index (χ1v) is 13.1. The zero-order valence-electron chi connectivity index (χ0n) is 19.2. The van der Waals surface area contributed by atoms with Crippen molar-refractivity contribution in [2.45, 2.75) is 12.3 Å². The number of hydrogen-bond acceptors (Lipinski definition) is 3. The van der Waals surface area contributed by atoms with Gasteiger partial charge < -0.3 is 19.8 Å². The molecule has 1 amide bonds. The number of ether oxygens (including phenoxy) is 1. The quantitative estimate of drug-likeness (QED) is 0.225. The number of carbonyl (C=O) groups is 1. The van der Waals surface area contributed by atoms with E-state index >= 15 is 0 Å². The highest BCUT2D eigenvalue weighted by Gasteiger charge is 2.38. The Kier molecular flexibility index (Phi) is 6.57. The van der Waals surface area contributed by atoms with Crippen LogP contribution in [-0.4, -0.2) is 15.7 Å². The zero-order valence-corrected chi connectivity index (χ0v) is 20.1. The van der Waals surface area contributed by atoms with Crippen LogP contribution in [0.3, 0.4) is 0 Å². The lowest BCUT2D eigenvalue weighted by Gasteiger charge is -2.21. The van der Waals surface area contributed by atoms with Gasteiger partial charge in [-0.15, -0.1) is 0 Å². The van der Waals surface area contributed by atoms with E-state index in [9.17, 15) is 19.1 Å². The van der Waals surface area contributed by atoms with E-state index in [0.717, 1.165) is 21.7 Å². The molecular formula is C29H24NO5P. The average Bonchev–Trinajstić information content (AvgIpc) is 2.87. The summed E-state index contributed by atoms with van der Waals surface area (Å²) < 4.78 is 18.7. The minimum Gasteiger partial charge on any atom is -0.487 e. The molecular weight excluding hydrogens is 473 g/mol. The van der Waals surface area contributed by atoms with Gasteiger partial charge in [0.15, 0.2) is 5.66 Å². The van der Waals surface area contributed by atoms with E-state index in [1.165, 1.54) is 0 Å². The third kappa shape index (κ3) is 5.02. The van der Waals surface area contributed by atoms with Crippen molar-refractivity contribution in [2.24, 2.45) is 0 Å². The van der Waals surface area contributed by atoms with Crippen LogP contribution in [0.2, 0.25) is 0 Å². The maximum absolute atomic E-state index is 13.5. The van der Waals surface area contributed by atoms with Crippen LogP contribution in [0, 0.1) is 0 Å². The van der Waals surface area contributed by atoms with Gasteiger partial charge in [0.2, 0.25) is 5.91 Å². The van der Waals surface area contributed by atoms with Crippen LogP contribution in [-0.2, 0) is 16.0 Å². The van der Waals surface area contributed by atoms with Crippen molar-refractivity contribution in [3.05, 3.63) is 120 Å². The van der Waals surface area contributed by atoms with Gasteiger partial charge in [-0.05, 0) is 44.8 Å². The maximum atomic E-state index is 13.5. The summed E-state index contributed by atoms with van der Waals surface area (Å²) in [5.74, 6) is -0.396. The number of fused-ring (bicyclic) bond motifs is 2. The van der Waals surface area contributed by atoms with Crippen molar-refractivity contribution in [3.63, 3.8) is 0 Å². The molecule has 0 aliphatic carbocycles. The summed E-state index contributed by atoms with van der Waals surface area (Å²) in [6.45, 7) is 0.271. The van der Waals surface area contributed by atoms with E-state index < -0.39 is 19.2 Å². The van der Waals surface area contributed by atoms with E-state index in [1.54, 1.807) is 30.3 Å². The van der Waals surface area contributed by atoms with Crippen LogP contribution in [0.25, 0.3) is 21.5 Å². The number of carbonyl (C=O) groups excluding carboxylic acids is 1. The highest BCUT2D eigenvalue weighted by molar-refractivity contribution is 7.53. The number of benzene rings is 5. The van der Waals surface area contributed by atoms with Crippen molar-refractivity contribution < 1.29 is 23.9 Å². The molecule has 0 heterocycles. The molecule has 0 aromatic heterocycles. The lowest BCUT2D eigenvalue weighted by molar-refractivity contribution is -0.116. The normalized spacial score (nSPS) is 12.4. The van der Waals surface area contributed by atoms with E-state index in [-0.39, 0.29) is 12.2 Å².